The van der Waals surface area contributed by atoms with E-state index in [1.54, 1.807) is 25.3 Å². The Balaban J connectivity index is 1.44. The quantitative estimate of drug-likeness (QED) is 0.235. The van der Waals surface area contributed by atoms with Crippen LogP contribution in [-0.2, 0) is 17.7 Å². The van der Waals surface area contributed by atoms with Crippen LogP contribution < -0.4 is 0 Å². The fraction of sp³-hybridized carbons (Fsp3) is 0.258. The van der Waals surface area contributed by atoms with Crippen molar-refractivity contribution in [2.75, 3.05) is 6.61 Å². The number of carbonyl (C=O) groups excluding carboxylic acids is 1. The molecule has 0 aliphatic carbocycles. The summed E-state index contributed by atoms with van der Waals surface area (Å²) in [5.41, 5.74) is 10.1. The molecule has 5 rings (SSSR count). The van der Waals surface area contributed by atoms with Crippen molar-refractivity contribution in [2.24, 2.45) is 0 Å². The van der Waals surface area contributed by atoms with Crippen LogP contribution in [0.2, 0.25) is 0 Å². The van der Waals surface area contributed by atoms with Gasteiger partial charge in [-0.05, 0) is 92.6 Å². The Bertz CT molecular complexity index is 1560. The highest BCUT2D eigenvalue weighted by Crippen LogP contribution is 2.28. The number of fused-ring (bicyclic) bond motifs is 1. The Morgan fingerprint density at radius 3 is 2.30 bits per heavy atom. The molecule has 0 bridgehead atoms. The lowest BCUT2D eigenvalue weighted by Gasteiger charge is -2.10. The van der Waals surface area contributed by atoms with Gasteiger partial charge < -0.3 is 9.15 Å². The Morgan fingerprint density at radius 2 is 1.65 bits per heavy atom. The van der Waals surface area contributed by atoms with Crippen LogP contribution in [0.4, 0.5) is 0 Å². The van der Waals surface area contributed by atoms with Crippen LogP contribution in [-0.4, -0.2) is 27.3 Å². The highest BCUT2D eigenvalue weighted by atomic mass is 16.5. The molecule has 0 atom stereocenters. The van der Waals surface area contributed by atoms with E-state index in [-0.39, 0.29) is 0 Å². The molecule has 3 heterocycles. The zero-order valence-electron chi connectivity index (χ0n) is 22.0. The Morgan fingerprint density at radius 1 is 0.946 bits per heavy atom. The number of aryl methyl sites for hydroxylation is 3. The molecule has 0 amide bonds. The van der Waals surface area contributed by atoms with Crippen molar-refractivity contribution < 1.29 is 13.9 Å². The molecule has 5 aromatic rings. The summed E-state index contributed by atoms with van der Waals surface area (Å²) < 4.78 is 12.8. The largest absolute Gasteiger partial charge is 0.463 e. The summed E-state index contributed by atoms with van der Waals surface area (Å²) in [6.45, 7) is 11.1. The van der Waals surface area contributed by atoms with Gasteiger partial charge in [-0.3, -0.25) is 4.68 Å². The molecule has 188 valence electrons. The third kappa shape index (κ3) is 4.92. The molecule has 2 aromatic carbocycles. The van der Waals surface area contributed by atoms with Gasteiger partial charge in [0.25, 0.3) is 0 Å². The lowest BCUT2D eigenvalue weighted by molar-refractivity contribution is 0.0528. The fourth-order valence-electron chi connectivity index (χ4n) is 4.75. The predicted octanol–water partition coefficient (Wildman–Crippen LogP) is 6.74. The second kappa shape index (κ2) is 10.1. The van der Waals surface area contributed by atoms with Crippen molar-refractivity contribution in [3.05, 3.63) is 105 Å². The van der Waals surface area contributed by atoms with Crippen molar-refractivity contribution in [1.82, 2.24) is 14.8 Å². The van der Waals surface area contributed by atoms with Gasteiger partial charge in [-0.25, -0.2) is 9.78 Å². The molecule has 0 saturated heterocycles. The van der Waals surface area contributed by atoms with Gasteiger partial charge in [0.1, 0.15) is 5.69 Å². The number of pyridine rings is 1. The van der Waals surface area contributed by atoms with Gasteiger partial charge in [-0.2, -0.15) is 5.10 Å². The van der Waals surface area contributed by atoms with E-state index in [0.717, 1.165) is 17.7 Å². The third-order valence-electron chi connectivity index (χ3n) is 6.98. The second-order valence-corrected chi connectivity index (χ2v) is 9.54. The lowest BCUT2D eigenvalue weighted by Crippen LogP contribution is -2.07. The van der Waals surface area contributed by atoms with Gasteiger partial charge in [0.15, 0.2) is 11.4 Å². The molecular weight excluding hydrogens is 462 g/mol. The Hall–Kier alpha value is -4.19. The van der Waals surface area contributed by atoms with Gasteiger partial charge in [-0.1, -0.05) is 36.4 Å². The first-order valence-electron chi connectivity index (χ1n) is 12.6. The van der Waals surface area contributed by atoms with Crippen LogP contribution in [0.3, 0.4) is 0 Å². The average molecular weight is 494 g/mol. The van der Waals surface area contributed by atoms with Gasteiger partial charge in [0.05, 0.1) is 30.4 Å². The van der Waals surface area contributed by atoms with E-state index in [1.807, 2.05) is 17.7 Å². The lowest BCUT2D eigenvalue weighted by atomic mass is 9.96. The molecule has 0 spiro atoms. The van der Waals surface area contributed by atoms with Crippen molar-refractivity contribution >= 4 is 17.0 Å². The summed E-state index contributed by atoms with van der Waals surface area (Å²) in [4.78, 5) is 17.5. The van der Waals surface area contributed by atoms with Crippen molar-refractivity contribution in [2.45, 2.75) is 47.6 Å². The average Bonchev–Trinajstić information content (AvgIpc) is 3.52. The highest BCUT2D eigenvalue weighted by Gasteiger charge is 2.21. The zero-order valence-corrected chi connectivity index (χ0v) is 22.0. The molecule has 0 aliphatic rings. The van der Waals surface area contributed by atoms with E-state index in [4.69, 9.17) is 19.2 Å². The van der Waals surface area contributed by atoms with E-state index in [0.29, 0.717) is 41.2 Å². The van der Waals surface area contributed by atoms with E-state index in [9.17, 15) is 4.79 Å². The van der Waals surface area contributed by atoms with Gasteiger partial charge in [0, 0.05) is 5.69 Å². The maximum absolute atomic E-state index is 12.8. The number of rotatable bonds is 7. The molecule has 0 unspecified atom stereocenters. The normalized spacial score (nSPS) is 11.3. The topological polar surface area (TPSA) is 70.2 Å². The first-order chi connectivity index (χ1) is 17.8. The first-order valence-corrected chi connectivity index (χ1v) is 12.6. The summed E-state index contributed by atoms with van der Waals surface area (Å²) in [5, 5.41) is 5.46. The zero-order chi connectivity index (χ0) is 26.1. The number of hydrogen-bond acceptors (Lipinski definition) is 5. The van der Waals surface area contributed by atoms with E-state index in [1.165, 1.54) is 27.8 Å². The van der Waals surface area contributed by atoms with Gasteiger partial charge in [-0.15, -0.1) is 0 Å². The van der Waals surface area contributed by atoms with E-state index in [2.05, 4.69) is 57.2 Å². The molecule has 6 heteroatoms. The van der Waals surface area contributed by atoms with Crippen LogP contribution in [0.1, 0.15) is 56.4 Å². The number of hydrogen-bond donors (Lipinski definition) is 0. The smallest absolute Gasteiger partial charge is 0.339 e. The molecular formula is C31H31N3O3. The SMILES string of the molecule is CCOC(=O)c1cc(-c2ccco2)nc2nn(Cc3ccc(Cc4cc(C)c(C)c(C)c4)cc3)c(C)c12. The van der Waals surface area contributed by atoms with Gasteiger partial charge in [0.2, 0.25) is 0 Å². The first kappa shape index (κ1) is 24.5. The molecule has 37 heavy (non-hydrogen) atoms. The van der Waals surface area contributed by atoms with Gasteiger partial charge >= 0.3 is 5.97 Å². The number of furan rings is 1. The second-order valence-electron chi connectivity index (χ2n) is 9.54. The van der Waals surface area contributed by atoms with Crippen LogP contribution in [0.25, 0.3) is 22.5 Å². The number of nitrogens with zero attached hydrogens (tertiary/aromatic N) is 3. The van der Waals surface area contributed by atoms with Crippen LogP contribution in [0, 0.1) is 27.7 Å². The Labute approximate surface area is 216 Å². The number of benzene rings is 2. The minimum absolute atomic E-state index is 0.292. The number of carbonyl (C=O) groups is 1. The highest BCUT2D eigenvalue weighted by molar-refractivity contribution is 6.04. The maximum Gasteiger partial charge on any atom is 0.339 e. The van der Waals surface area contributed by atoms with Crippen molar-refractivity contribution in [1.29, 1.82) is 0 Å². The number of ether oxygens (including phenoxy) is 1. The maximum atomic E-state index is 12.8. The molecule has 6 nitrogen and oxygen atoms in total. The molecule has 3 aromatic heterocycles. The van der Waals surface area contributed by atoms with Crippen molar-refractivity contribution in [3.8, 4) is 11.5 Å². The number of aromatic nitrogens is 3. The molecule has 0 aliphatic heterocycles. The minimum Gasteiger partial charge on any atom is -0.463 e. The number of esters is 1. The van der Waals surface area contributed by atoms with E-state index >= 15 is 0 Å². The summed E-state index contributed by atoms with van der Waals surface area (Å²) in [7, 11) is 0. The summed E-state index contributed by atoms with van der Waals surface area (Å²) in [6, 6.07) is 18.5. The molecule has 0 fully saturated rings. The summed E-state index contributed by atoms with van der Waals surface area (Å²) >= 11 is 0. The van der Waals surface area contributed by atoms with Crippen molar-refractivity contribution in [3.63, 3.8) is 0 Å². The predicted molar refractivity (Wildman–Crippen MR) is 145 cm³/mol. The summed E-state index contributed by atoms with van der Waals surface area (Å²) in [5.74, 6) is 0.186. The molecule has 0 radical (unpaired) electrons. The van der Waals surface area contributed by atoms with E-state index < -0.39 is 5.97 Å². The standard InChI is InChI=1S/C31H31N3O3/c1-6-36-31(35)26-17-27(28-8-7-13-37-28)32-30-29(26)22(5)34(33-30)18-24-11-9-23(10-12-24)16-25-14-19(2)21(4)20(3)15-25/h7-15,17H,6,16,18H2,1-5H3. The summed E-state index contributed by atoms with van der Waals surface area (Å²) in [6.07, 6.45) is 2.48. The third-order valence-corrected chi connectivity index (χ3v) is 6.98. The van der Waals surface area contributed by atoms with Crippen LogP contribution >= 0.6 is 0 Å². The fourth-order valence-corrected chi connectivity index (χ4v) is 4.75. The Kier molecular flexibility index (Phi) is 6.66. The molecule has 0 N–H and O–H groups in total. The monoisotopic (exact) mass is 493 g/mol. The van der Waals surface area contributed by atoms with Crippen LogP contribution in [0.5, 0.6) is 0 Å². The minimum atomic E-state index is -0.392. The molecule has 0 saturated carbocycles. The van der Waals surface area contributed by atoms with Crippen LogP contribution in [0.15, 0.2) is 65.3 Å².